The summed E-state index contributed by atoms with van der Waals surface area (Å²) >= 11 is 0. The van der Waals surface area contributed by atoms with E-state index in [-0.39, 0.29) is 22.8 Å². The molecule has 0 spiro atoms. The lowest BCUT2D eigenvalue weighted by Gasteiger charge is -2.31. The number of hydrogen-bond acceptors (Lipinski definition) is 5. The second-order valence-corrected chi connectivity index (χ2v) is 10.5. The van der Waals surface area contributed by atoms with Crippen molar-refractivity contribution in [1.29, 1.82) is 0 Å². The Kier molecular flexibility index (Phi) is 7.09. The van der Waals surface area contributed by atoms with Gasteiger partial charge in [0.05, 0.1) is 25.2 Å². The van der Waals surface area contributed by atoms with Gasteiger partial charge in [0.1, 0.15) is 0 Å². The van der Waals surface area contributed by atoms with Crippen molar-refractivity contribution in [3.63, 3.8) is 0 Å². The molecule has 3 aromatic carbocycles. The highest BCUT2D eigenvalue weighted by Crippen LogP contribution is 2.31. The van der Waals surface area contributed by atoms with Crippen LogP contribution in [-0.2, 0) is 14.8 Å². The molecular formula is C26H30N2O5S. The molecule has 0 saturated carbocycles. The molecule has 0 radical (unpaired) electrons. The number of fused-ring (bicyclic) bond motifs is 1. The molecule has 7 nitrogen and oxygen atoms in total. The normalized spacial score (nSPS) is 16.2. The van der Waals surface area contributed by atoms with E-state index >= 15 is 0 Å². The lowest BCUT2D eigenvalue weighted by molar-refractivity contribution is -0.126. The van der Waals surface area contributed by atoms with Crippen LogP contribution in [0.3, 0.4) is 0 Å². The van der Waals surface area contributed by atoms with Crippen molar-refractivity contribution < 1.29 is 22.7 Å². The van der Waals surface area contributed by atoms with E-state index in [2.05, 4.69) is 5.32 Å². The number of carbonyl (C=O) groups is 1. The fraction of sp³-hybridized carbons (Fsp3) is 0.346. The summed E-state index contributed by atoms with van der Waals surface area (Å²) in [5, 5.41) is 4.95. The van der Waals surface area contributed by atoms with Crippen LogP contribution in [0.25, 0.3) is 10.8 Å². The fourth-order valence-corrected chi connectivity index (χ4v) is 5.88. The Morgan fingerprint density at radius 2 is 1.62 bits per heavy atom. The highest BCUT2D eigenvalue weighted by atomic mass is 32.2. The Balaban J connectivity index is 1.38. The molecule has 1 atom stereocenters. The van der Waals surface area contributed by atoms with Crippen molar-refractivity contribution in [2.24, 2.45) is 5.92 Å². The molecule has 1 heterocycles. The number of benzene rings is 3. The molecule has 4 rings (SSSR count). The Hall–Kier alpha value is -3.10. The van der Waals surface area contributed by atoms with Crippen molar-refractivity contribution in [2.75, 3.05) is 27.3 Å². The van der Waals surface area contributed by atoms with Crippen LogP contribution in [0.2, 0.25) is 0 Å². The van der Waals surface area contributed by atoms with Crippen molar-refractivity contribution >= 4 is 26.7 Å². The summed E-state index contributed by atoms with van der Waals surface area (Å²) in [4.78, 5) is 13.2. The molecule has 1 saturated heterocycles. The molecule has 0 bridgehead atoms. The van der Waals surface area contributed by atoms with E-state index in [1.54, 1.807) is 26.4 Å². The molecule has 1 aliphatic heterocycles. The Morgan fingerprint density at radius 1 is 0.941 bits per heavy atom. The van der Waals surface area contributed by atoms with Gasteiger partial charge in [0.2, 0.25) is 15.9 Å². The molecule has 0 aromatic heterocycles. The molecule has 1 fully saturated rings. The van der Waals surface area contributed by atoms with Crippen LogP contribution in [0.1, 0.15) is 31.4 Å². The minimum Gasteiger partial charge on any atom is -0.493 e. The number of amides is 1. The van der Waals surface area contributed by atoms with Gasteiger partial charge in [-0.05, 0) is 60.4 Å². The first-order chi connectivity index (χ1) is 16.3. The standard InChI is InChI=1S/C26H30N2O5S/c1-18(21-9-11-24(32-2)25(17-21)33-3)27-26(29)20-12-14-28(15-13-20)34(30,31)23-10-8-19-6-4-5-7-22(19)16-23/h4-11,16-18,20H,12-15H2,1-3H3,(H,27,29). The van der Waals surface area contributed by atoms with Gasteiger partial charge in [-0.2, -0.15) is 4.31 Å². The van der Waals surface area contributed by atoms with Gasteiger partial charge < -0.3 is 14.8 Å². The Morgan fingerprint density at radius 3 is 2.29 bits per heavy atom. The van der Waals surface area contributed by atoms with Crippen molar-refractivity contribution in [2.45, 2.75) is 30.7 Å². The number of piperidine rings is 1. The number of methoxy groups -OCH3 is 2. The summed E-state index contributed by atoms with van der Waals surface area (Å²) in [6, 6.07) is 18.2. The monoisotopic (exact) mass is 482 g/mol. The van der Waals surface area contributed by atoms with Gasteiger partial charge in [-0.25, -0.2) is 8.42 Å². The van der Waals surface area contributed by atoms with Crippen LogP contribution in [-0.4, -0.2) is 45.9 Å². The first-order valence-electron chi connectivity index (χ1n) is 11.3. The maximum Gasteiger partial charge on any atom is 0.243 e. The number of carbonyl (C=O) groups excluding carboxylic acids is 1. The Labute approximate surface area is 200 Å². The average molecular weight is 483 g/mol. The fourth-order valence-electron chi connectivity index (χ4n) is 4.37. The number of nitrogens with one attached hydrogen (secondary N) is 1. The third-order valence-corrected chi connectivity index (χ3v) is 8.34. The third-order valence-electron chi connectivity index (χ3n) is 6.45. The number of nitrogens with zero attached hydrogens (tertiary/aromatic N) is 1. The second-order valence-electron chi connectivity index (χ2n) is 8.53. The molecule has 1 amide bonds. The van der Waals surface area contributed by atoms with Crippen LogP contribution >= 0.6 is 0 Å². The largest absolute Gasteiger partial charge is 0.493 e. The summed E-state index contributed by atoms with van der Waals surface area (Å²) < 4.78 is 38.5. The lowest BCUT2D eigenvalue weighted by Crippen LogP contribution is -2.43. The highest BCUT2D eigenvalue weighted by molar-refractivity contribution is 7.89. The quantitative estimate of drug-likeness (QED) is 0.547. The number of sulfonamides is 1. The summed E-state index contributed by atoms with van der Waals surface area (Å²) in [6.45, 7) is 2.55. The summed E-state index contributed by atoms with van der Waals surface area (Å²) in [6.07, 6.45) is 0.967. The van der Waals surface area contributed by atoms with Crippen molar-refractivity contribution in [3.8, 4) is 11.5 Å². The maximum absolute atomic E-state index is 13.2. The minimum absolute atomic E-state index is 0.0648. The van der Waals surface area contributed by atoms with E-state index in [1.165, 1.54) is 4.31 Å². The number of ether oxygens (including phenoxy) is 2. The second kappa shape index (κ2) is 10.0. The van der Waals surface area contributed by atoms with E-state index in [0.29, 0.717) is 37.4 Å². The summed E-state index contributed by atoms with van der Waals surface area (Å²) in [7, 11) is -0.454. The van der Waals surface area contributed by atoms with Gasteiger partial charge in [-0.3, -0.25) is 4.79 Å². The van der Waals surface area contributed by atoms with E-state index in [4.69, 9.17) is 9.47 Å². The van der Waals surface area contributed by atoms with E-state index in [0.717, 1.165) is 16.3 Å². The zero-order valence-electron chi connectivity index (χ0n) is 19.7. The third kappa shape index (κ3) is 4.88. The van der Waals surface area contributed by atoms with Gasteiger partial charge in [0.15, 0.2) is 11.5 Å². The molecule has 1 N–H and O–H groups in total. The predicted molar refractivity (Wildman–Crippen MR) is 132 cm³/mol. The Bertz CT molecular complexity index is 1280. The molecule has 0 aliphatic carbocycles. The summed E-state index contributed by atoms with van der Waals surface area (Å²) in [5.74, 6) is 0.939. The highest BCUT2D eigenvalue weighted by Gasteiger charge is 2.32. The van der Waals surface area contributed by atoms with Crippen LogP contribution in [0.15, 0.2) is 65.6 Å². The van der Waals surface area contributed by atoms with Crippen molar-refractivity contribution in [3.05, 3.63) is 66.2 Å². The minimum atomic E-state index is -3.61. The van der Waals surface area contributed by atoms with E-state index in [9.17, 15) is 13.2 Å². The van der Waals surface area contributed by atoms with Crippen molar-refractivity contribution in [1.82, 2.24) is 9.62 Å². The number of hydrogen-bond donors (Lipinski definition) is 1. The average Bonchev–Trinajstić information content (AvgIpc) is 2.87. The van der Waals surface area contributed by atoms with Gasteiger partial charge in [0, 0.05) is 19.0 Å². The zero-order valence-corrected chi connectivity index (χ0v) is 20.5. The first kappa shape index (κ1) is 24.0. The summed E-state index contributed by atoms with van der Waals surface area (Å²) in [5.41, 5.74) is 0.905. The van der Waals surface area contributed by atoms with Gasteiger partial charge in [-0.1, -0.05) is 36.4 Å². The first-order valence-corrected chi connectivity index (χ1v) is 12.8. The predicted octanol–water partition coefficient (Wildman–Crippen LogP) is 4.14. The van der Waals surface area contributed by atoms with Gasteiger partial charge >= 0.3 is 0 Å². The SMILES string of the molecule is COc1ccc(C(C)NC(=O)C2CCN(S(=O)(=O)c3ccc4ccccc4c3)CC2)cc1OC. The van der Waals surface area contributed by atoms with E-state index < -0.39 is 10.0 Å². The zero-order chi connectivity index (χ0) is 24.3. The van der Waals surface area contributed by atoms with Crippen LogP contribution in [0.5, 0.6) is 11.5 Å². The number of rotatable bonds is 7. The van der Waals surface area contributed by atoms with Gasteiger partial charge in [0.25, 0.3) is 0 Å². The topological polar surface area (TPSA) is 84.9 Å². The molecule has 34 heavy (non-hydrogen) atoms. The smallest absolute Gasteiger partial charge is 0.243 e. The van der Waals surface area contributed by atoms with Crippen LogP contribution < -0.4 is 14.8 Å². The van der Waals surface area contributed by atoms with E-state index in [1.807, 2.05) is 55.5 Å². The van der Waals surface area contributed by atoms with Crippen LogP contribution in [0.4, 0.5) is 0 Å². The molecule has 8 heteroatoms. The molecule has 180 valence electrons. The maximum atomic E-state index is 13.2. The molecule has 1 unspecified atom stereocenters. The lowest BCUT2D eigenvalue weighted by atomic mass is 9.96. The molecular weight excluding hydrogens is 452 g/mol. The van der Waals surface area contributed by atoms with Crippen LogP contribution in [0, 0.1) is 5.92 Å². The molecule has 1 aliphatic rings. The molecule has 3 aromatic rings. The van der Waals surface area contributed by atoms with Gasteiger partial charge in [-0.15, -0.1) is 0 Å².